The highest BCUT2D eigenvalue weighted by molar-refractivity contribution is 5.90. The normalized spacial score (nSPS) is 13.4. The van der Waals surface area contributed by atoms with E-state index in [0.29, 0.717) is 28.7 Å². The van der Waals surface area contributed by atoms with Gasteiger partial charge < -0.3 is 16.0 Å². The van der Waals surface area contributed by atoms with E-state index >= 15 is 0 Å². The van der Waals surface area contributed by atoms with E-state index in [1.165, 1.54) is 12.5 Å². The van der Waals surface area contributed by atoms with Crippen molar-refractivity contribution < 1.29 is 4.79 Å². The van der Waals surface area contributed by atoms with Crippen LogP contribution >= 0.6 is 0 Å². The van der Waals surface area contributed by atoms with Crippen LogP contribution in [0.15, 0.2) is 97.3 Å². The number of nitrogens with one attached hydrogen (secondary N) is 1. The molecule has 2 aromatic carbocycles. The quantitative estimate of drug-likeness (QED) is 0.244. The highest BCUT2D eigenvalue weighted by Crippen LogP contribution is 2.32. The van der Waals surface area contributed by atoms with E-state index < -0.39 is 0 Å². The molecule has 0 bridgehead atoms. The van der Waals surface area contributed by atoms with Gasteiger partial charge in [0.15, 0.2) is 11.5 Å². The van der Waals surface area contributed by atoms with Crippen molar-refractivity contribution in [2.24, 2.45) is 0 Å². The van der Waals surface area contributed by atoms with E-state index in [4.69, 9.17) is 15.7 Å². The van der Waals surface area contributed by atoms with Crippen LogP contribution in [0.25, 0.3) is 39.5 Å². The van der Waals surface area contributed by atoms with E-state index in [0.717, 1.165) is 66.4 Å². The molecule has 0 unspecified atom stereocenters. The lowest BCUT2D eigenvalue weighted by atomic mass is 10.1. The number of amides is 1. The maximum atomic E-state index is 11.7. The first kappa shape index (κ1) is 29.6. The number of aromatic nitrogens is 5. The number of nitrogens with two attached hydrogens (primary N) is 1. The van der Waals surface area contributed by atoms with E-state index in [1.54, 1.807) is 12.4 Å². The Morgan fingerprint density at radius 3 is 2.49 bits per heavy atom. The standard InChI is InChI=1S/C36H32N10O/c1-24(47)41-27-5-2-4-26(20-27)32-11-12-33-36(42-32)46(35(43-33)31-6-3-14-40-34(31)38)29-9-7-25(8-10-29)23-44-16-18-45(19-17-44)30-13-15-39-28(21-30)22-37/h2-15,20-21H,16-19,23H2,1H3,(H2,38,40)(H,41,47). The van der Waals surface area contributed by atoms with Crippen LogP contribution in [0.5, 0.6) is 0 Å². The number of pyridine rings is 3. The minimum absolute atomic E-state index is 0.131. The molecular weight excluding hydrogens is 588 g/mol. The zero-order chi connectivity index (χ0) is 32.3. The monoisotopic (exact) mass is 620 g/mol. The molecule has 0 saturated carbocycles. The van der Waals surface area contributed by atoms with Crippen molar-refractivity contribution in [1.29, 1.82) is 5.26 Å². The fourth-order valence-corrected chi connectivity index (χ4v) is 5.96. The van der Waals surface area contributed by atoms with Crippen LogP contribution in [0.4, 0.5) is 17.2 Å². The molecule has 6 aromatic rings. The molecule has 0 atom stereocenters. The second-order valence-electron chi connectivity index (χ2n) is 11.4. The molecule has 11 nitrogen and oxygen atoms in total. The van der Waals surface area contributed by atoms with Crippen molar-refractivity contribution in [2.45, 2.75) is 13.5 Å². The highest BCUT2D eigenvalue weighted by Gasteiger charge is 2.20. The molecule has 1 aliphatic heterocycles. The minimum Gasteiger partial charge on any atom is -0.383 e. The van der Waals surface area contributed by atoms with Gasteiger partial charge in [0, 0.05) is 74.7 Å². The van der Waals surface area contributed by atoms with Gasteiger partial charge in [-0.1, -0.05) is 24.3 Å². The second-order valence-corrected chi connectivity index (χ2v) is 11.4. The van der Waals surface area contributed by atoms with Crippen LogP contribution in [0.1, 0.15) is 18.2 Å². The predicted molar refractivity (Wildman–Crippen MR) is 183 cm³/mol. The third-order valence-corrected chi connectivity index (χ3v) is 8.26. The van der Waals surface area contributed by atoms with Crippen LogP contribution in [0, 0.1) is 11.3 Å². The van der Waals surface area contributed by atoms with Gasteiger partial charge in [-0.2, -0.15) is 5.26 Å². The molecule has 0 spiro atoms. The Balaban J connectivity index is 1.18. The van der Waals surface area contributed by atoms with Crippen LogP contribution in [0.2, 0.25) is 0 Å². The SMILES string of the molecule is CC(=O)Nc1cccc(-c2ccc3nc(-c4cccnc4N)n(-c4ccc(CN5CCN(c6ccnc(C#N)c6)CC5)cc4)c3n2)c1. The number of nitrogen functional groups attached to an aromatic ring is 1. The highest BCUT2D eigenvalue weighted by atomic mass is 16.1. The zero-order valence-electron chi connectivity index (χ0n) is 25.8. The van der Waals surface area contributed by atoms with E-state index in [-0.39, 0.29) is 5.91 Å². The first-order chi connectivity index (χ1) is 22.9. The Hall–Kier alpha value is -6.12. The summed E-state index contributed by atoms with van der Waals surface area (Å²) in [5.74, 6) is 0.911. The van der Waals surface area contributed by atoms with Crippen molar-refractivity contribution in [1.82, 2.24) is 29.4 Å². The zero-order valence-corrected chi connectivity index (χ0v) is 25.8. The number of anilines is 3. The number of carbonyl (C=O) groups is 1. The van der Waals surface area contributed by atoms with Gasteiger partial charge in [0.25, 0.3) is 0 Å². The van der Waals surface area contributed by atoms with Gasteiger partial charge >= 0.3 is 0 Å². The fourth-order valence-electron chi connectivity index (χ4n) is 5.96. The molecule has 5 heterocycles. The van der Waals surface area contributed by atoms with E-state index in [2.05, 4.69) is 55.4 Å². The lowest BCUT2D eigenvalue weighted by Gasteiger charge is -2.36. The summed E-state index contributed by atoms with van der Waals surface area (Å²) in [7, 11) is 0. The van der Waals surface area contributed by atoms with Gasteiger partial charge in [-0.3, -0.25) is 14.3 Å². The van der Waals surface area contributed by atoms with Crippen LogP contribution in [-0.4, -0.2) is 61.5 Å². The molecule has 7 rings (SSSR count). The number of imidazole rings is 1. The molecule has 11 heteroatoms. The third kappa shape index (κ3) is 6.22. The molecule has 47 heavy (non-hydrogen) atoms. The summed E-state index contributed by atoms with van der Waals surface area (Å²) in [5.41, 5.74) is 14.4. The van der Waals surface area contributed by atoms with Gasteiger partial charge in [0.1, 0.15) is 23.1 Å². The molecule has 1 aliphatic rings. The Bertz CT molecular complexity index is 2130. The van der Waals surface area contributed by atoms with E-state index in [9.17, 15) is 10.1 Å². The molecule has 3 N–H and O–H groups in total. The lowest BCUT2D eigenvalue weighted by molar-refractivity contribution is -0.114. The summed E-state index contributed by atoms with van der Waals surface area (Å²) < 4.78 is 2.02. The number of nitrogens with zero attached hydrogens (tertiary/aromatic N) is 8. The van der Waals surface area contributed by atoms with Gasteiger partial charge in [0.05, 0.1) is 11.3 Å². The molecule has 4 aromatic heterocycles. The number of piperazine rings is 1. The Morgan fingerprint density at radius 2 is 1.72 bits per heavy atom. The number of rotatable bonds is 7. The molecule has 232 valence electrons. The van der Waals surface area contributed by atoms with Crippen LogP contribution in [0.3, 0.4) is 0 Å². The number of fused-ring (bicyclic) bond motifs is 1. The Kier molecular flexibility index (Phi) is 8.00. The third-order valence-electron chi connectivity index (χ3n) is 8.26. The first-order valence-electron chi connectivity index (χ1n) is 15.4. The minimum atomic E-state index is -0.131. The topological polar surface area (TPSA) is 142 Å². The largest absolute Gasteiger partial charge is 0.383 e. The van der Waals surface area contributed by atoms with Gasteiger partial charge in [-0.05, 0) is 66.2 Å². The molecule has 1 amide bonds. The van der Waals surface area contributed by atoms with Crippen molar-refractivity contribution in [2.75, 3.05) is 42.1 Å². The number of hydrogen-bond acceptors (Lipinski definition) is 9. The van der Waals surface area contributed by atoms with Crippen molar-refractivity contribution in [3.63, 3.8) is 0 Å². The smallest absolute Gasteiger partial charge is 0.221 e. The van der Waals surface area contributed by atoms with Crippen molar-refractivity contribution in [3.05, 3.63) is 109 Å². The first-order valence-corrected chi connectivity index (χ1v) is 15.4. The number of hydrogen-bond donors (Lipinski definition) is 2. The molecule has 1 fully saturated rings. The summed E-state index contributed by atoms with van der Waals surface area (Å²) in [5, 5.41) is 12.1. The Morgan fingerprint density at radius 1 is 0.894 bits per heavy atom. The molecule has 0 aliphatic carbocycles. The fraction of sp³-hybridized carbons (Fsp3) is 0.167. The number of benzene rings is 2. The number of nitriles is 1. The Labute approximate surface area is 272 Å². The summed E-state index contributed by atoms with van der Waals surface area (Å²) in [6, 6.07) is 29.7. The van der Waals surface area contributed by atoms with Crippen LogP contribution in [-0.2, 0) is 11.3 Å². The molecule has 0 radical (unpaired) electrons. The maximum Gasteiger partial charge on any atom is 0.221 e. The summed E-state index contributed by atoms with van der Waals surface area (Å²) >= 11 is 0. The number of carbonyl (C=O) groups excluding carboxylic acids is 1. The predicted octanol–water partition coefficient (Wildman–Crippen LogP) is 5.28. The average molecular weight is 621 g/mol. The summed E-state index contributed by atoms with van der Waals surface area (Å²) in [6.45, 7) is 5.91. The lowest BCUT2D eigenvalue weighted by Crippen LogP contribution is -2.46. The van der Waals surface area contributed by atoms with Crippen LogP contribution < -0.4 is 16.0 Å². The summed E-state index contributed by atoms with van der Waals surface area (Å²) in [4.78, 5) is 34.8. The van der Waals surface area contributed by atoms with Crippen molar-refractivity contribution >= 4 is 34.3 Å². The van der Waals surface area contributed by atoms with Crippen molar-refractivity contribution in [3.8, 4) is 34.4 Å². The van der Waals surface area contributed by atoms with E-state index in [1.807, 2.05) is 65.2 Å². The molecule has 1 saturated heterocycles. The summed E-state index contributed by atoms with van der Waals surface area (Å²) in [6.07, 6.45) is 3.36. The van der Waals surface area contributed by atoms with Gasteiger partial charge in [-0.15, -0.1) is 0 Å². The maximum absolute atomic E-state index is 11.7. The van der Waals surface area contributed by atoms with Gasteiger partial charge in [-0.25, -0.2) is 19.9 Å². The average Bonchev–Trinajstić information content (AvgIpc) is 3.47. The second kappa shape index (κ2) is 12.7. The molecular formula is C36H32N10O. The van der Waals surface area contributed by atoms with Gasteiger partial charge in [0.2, 0.25) is 5.91 Å².